The second-order valence-electron chi connectivity index (χ2n) is 7.65. The van der Waals surface area contributed by atoms with Crippen LogP contribution >= 0.6 is 11.3 Å². The highest BCUT2D eigenvalue weighted by atomic mass is 32.1. The van der Waals surface area contributed by atoms with Crippen LogP contribution in [0.1, 0.15) is 51.1 Å². The molecular weight excluding hydrogens is 412 g/mol. The molecule has 1 unspecified atom stereocenters. The highest BCUT2D eigenvalue weighted by molar-refractivity contribution is 7.18. The van der Waals surface area contributed by atoms with E-state index in [1.165, 1.54) is 27.1 Å². The molecule has 5 rings (SSSR count). The molecule has 31 heavy (non-hydrogen) atoms. The summed E-state index contributed by atoms with van der Waals surface area (Å²) in [6, 6.07) is 9.57. The number of carbonyl (C=O) groups excluding carboxylic acids is 1. The van der Waals surface area contributed by atoms with E-state index < -0.39 is 11.7 Å². The molecule has 0 saturated heterocycles. The van der Waals surface area contributed by atoms with Crippen LogP contribution in [0.2, 0.25) is 0 Å². The van der Waals surface area contributed by atoms with Gasteiger partial charge in [-0.3, -0.25) is 9.59 Å². The maximum atomic E-state index is 13.0. The van der Waals surface area contributed by atoms with Gasteiger partial charge in [-0.1, -0.05) is 22.9 Å². The van der Waals surface area contributed by atoms with Crippen molar-refractivity contribution in [1.82, 2.24) is 25.0 Å². The van der Waals surface area contributed by atoms with Gasteiger partial charge in [0.05, 0.1) is 23.3 Å². The standard InChI is InChI=1S/C22H18N6O2S/c1-12-6-8-13(9-7-12)28-11-16(26-27-28)19(29)15(10-23)20-24-21(30)18-14-4-2-3-5-17(14)31-22(18)25-20/h6-9,11,15H,2-5H2,1H3,(H,24,25,30). The van der Waals surface area contributed by atoms with Crippen molar-refractivity contribution >= 4 is 27.3 Å². The lowest BCUT2D eigenvalue weighted by Crippen LogP contribution is -2.20. The summed E-state index contributed by atoms with van der Waals surface area (Å²) in [6.45, 7) is 1.98. The molecule has 1 N–H and O–H groups in total. The maximum Gasteiger partial charge on any atom is 0.259 e. The third-order valence-electron chi connectivity index (χ3n) is 5.55. The Kier molecular flexibility index (Phi) is 4.71. The van der Waals surface area contributed by atoms with E-state index in [1.54, 1.807) is 0 Å². The summed E-state index contributed by atoms with van der Waals surface area (Å²) >= 11 is 1.48. The number of H-pyrrole nitrogens is 1. The molecule has 0 amide bonds. The van der Waals surface area contributed by atoms with Gasteiger partial charge in [0.15, 0.2) is 11.6 Å². The van der Waals surface area contributed by atoms with Crippen LogP contribution in [0.3, 0.4) is 0 Å². The van der Waals surface area contributed by atoms with Crippen molar-refractivity contribution in [2.75, 3.05) is 0 Å². The van der Waals surface area contributed by atoms with Crippen molar-refractivity contribution in [2.45, 2.75) is 38.5 Å². The number of thiophene rings is 1. The monoisotopic (exact) mass is 430 g/mol. The summed E-state index contributed by atoms with van der Waals surface area (Å²) in [7, 11) is 0. The molecule has 3 aromatic heterocycles. The van der Waals surface area contributed by atoms with Crippen molar-refractivity contribution in [1.29, 1.82) is 5.26 Å². The number of aromatic amines is 1. The van der Waals surface area contributed by atoms with Crippen LogP contribution in [-0.4, -0.2) is 30.7 Å². The summed E-state index contributed by atoms with van der Waals surface area (Å²) in [5.74, 6) is -1.77. The van der Waals surface area contributed by atoms with Crippen molar-refractivity contribution in [2.24, 2.45) is 0 Å². The topological polar surface area (TPSA) is 117 Å². The molecule has 0 spiro atoms. The Morgan fingerprint density at radius 3 is 2.81 bits per heavy atom. The van der Waals surface area contributed by atoms with Gasteiger partial charge in [-0.05, 0) is 50.3 Å². The Bertz CT molecular complexity index is 1410. The zero-order valence-corrected chi connectivity index (χ0v) is 17.6. The molecule has 3 heterocycles. The first-order valence-corrected chi connectivity index (χ1v) is 10.8. The van der Waals surface area contributed by atoms with E-state index in [1.807, 2.05) is 37.3 Å². The molecule has 1 atom stereocenters. The van der Waals surface area contributed by atoms with E-state index in [0.29, 0.717) is 10.2 Å². The van der Waals surface area contributed by atoms with Gasteiger partial charge in [-0.15, -0.1) is 16.4 Å². The number of hydrogen-bond acceptors (Lipinski definition) is 7. The number of hydrogen-bond donors (Lipinski definition) is 1. The van der Waals surface area contributed by atoms with Gasteiger partial charge >= 0.3 is 0 Å². The maximum absolute atomic E-state index is 13.0. The average molecular weight is 430 g/mol. The van der Waals surface area contributed by atoms with Gasteiger partial charge < -0.3 is 4.98 Å². The number of aryl methyl sites for hydroxylation is 3. The fourth-order valence-corrected chi connectivity index (χ4v) is 5.18. The number of nitrogens with zero attached hydrogens (tertiary/aromatic N) is 5. The lowest BCUT2D eigenvalue weighted by atomic mass is 9.97. The molecule has 0 saturated carbocycles. The second-order valence-corrected chi connectivity index (χ2v) is 8.74. The molecular formula is C22H18N6O2S. The van der Waals surface area contributed by atoms with Gasteiger partial charge in [0.2, 0.25) is 5.78 Å². The number of ketones is 1. The van der Waals surface area contributed by atoms with Gasteiger partial charge in [-0.2, -0.15) is 5.26 Å². The first-order chi connectivity index (χ1) is 15.0. The highest BCUT2D eigenvalue weighted by Gasteiger charge is 2.29. The van der Waals surface area contributed by atoms with E-state index in [9.17, 15) is 14.9 Å². The number of Topliss-reactive ketones (excluding diaryl/α,β-unsaturated/α-hetero) is 1. The largest absolute Gasteiger partial charge is 0.308 e. The summed E-state index contributed by atoms with van der Waals surface area (Å²) in [4.78, 5) is 34.7. The minimum atomic E-state index is -1.26. The number of benzene rings is 1. The second kappa shape index (κ2) is 7.56. The Balaban J connectivity index is 1.50. The Hall–Kier alpha value is -3.64. The van der Waals surface area contributed by atoms with Crippen LogP contribution in [0.5, 0.6) is 0 Å². The summed E-state index contributed by atoms with van der Waals surface area (Å²) < 4.78 is 1.48. The minimum Gasteiger partial charge on any atom is -0.308 e. The molecule has 154 valence electrons. The van der Waals surface area contributed by atoms with Gasteiger partial charge in [0.1, 0.15) is 10.7 Å². The van der Waals surface area contributed by atoms with E-state index in [4.69, 9.17) is 0 Å². The summed E-state index contributed by atoms with van der Waals surface area (Å²) in [5.41, 5.74) is 2.66. The Morgan fingerprint density at radius 2 is 2.03 bits per heavy atom. The number of nitrogens with one attached hydrogen (secondary N) is 1. The Labute approximate surface area is 181 Å². The molecule has 0 aliphatic heterocycles. The van der Waals surface area contributed by atoms with Crippen LogP contribution in [0.4, 0.5) is 0 Å². The van der Waals surface area contributed by atoms with Crippen molar-refractivity contribution in [3.63, 3.8) is 0 Å². The Morgan fingerprint density at radius 1 is 1.26 bits per heavy atom. The number of rotatable bonds is 4. The van der Waals surface area contributed by atoms with E-state index in [-0.39, 0.29) is 17.1 Å². The van der Waals surface area contributed by atoms with Crippen LogP contribution in [0.15, 0.2) is 35.3 Å². The fraction of sp³-hybridized carbons (Fsp3) is 0.273. The van der Waals surface area contributed by atoms with E-state index >= 15 is 0 Å². The van der Waals surface area contributed by atoms with Crippen LogP contribution in [-0.2, 0) is 12.8 Å². The quantitative estimate of drug-likeness (QED) is 0.497. The molecule has 8 nitrogen and oxygen atoms in total. The fourth-order valence-electron chi connectivity index (χ4n) is 3.91. The van der Waals surface area contributed by atoms with Gasteiger partial charge in [0, 0.05) is 4.88 Å². The van der Waals surface area contributed by atoms with Crippen LogP contribution < -0.4 is 5.56 Å². The molecule has 0 bridgehead atoms. The van der Waals surface area contributed by atoms with Gasteiger partial charge in [0.25, 0.3) is 5.56 Å². The smallest absolute Gasteiger partial charge is 0.259 e. The van der Waals surface area contributed by atoms with Crippen molar-refractivity contribution < 1.29 is 4.79 Å². The first-order valence-electron chi connectivity index (χ1n) is 10.0. The summed E-state index contributed by atoms with van der Waals surface area (Å²) in [5, 5.41) is 18.2. The molecule has 1 aliphatic rings. The lowest BCUT2D eigenvalue weighted by Gasteiger charge is -2.09. The number of carbonyl (C=O) groups is 1. The highest BCUT2D eigenvalue weighted by Crippen LogP contribution is 2.34. The van der Waals surface area contributed by atoms with Crippen LogP contribution in [0, 0.1) is 18.3 Å². The van der Waals surface area contributed by atoms with Crippen LogP contribution in [0.25, 0.3) is 15.9 Å². The molecule has 0 fully saturated rings. The summed E-state index contributed by atoms with van der Waals surface area (Å²) in [6.07, 6.45) is 5.43. The molecule has 9 heteroatoms. The molecule has 4 aromatic rings. The SMILES string of the molecule is Cc1ccc(-n2cc(C(=O)C(C#N)c3nc4sc5c(c4c(=O)[nH]3)CCCC5)nn2)cc1. The molecule has 1 aromatic carbocycles. The lowest BCUT2D eigenvalue weighted by molar-refractivity contribution is 0.0971. The van der Waals surface area contributed by atoms with Crippen molar-refractivity contribution in [3.8, 4) is 11.8 Å². The normalized spacial score (nSPS) is 14.2. The minimum absolute atomic E-state index is 0.0420. The zero-order valence-electron chi connectivity index (χ0n) is 16.8. The molecule has 0 radical (unpaired) electrons. The molecule has 1 aliphatic carbocycles. The third kappa shape index (κ3) is 3.35. The predicted molar refractivity (Wildman–Crippen MR) is 116 cm³/mol. The third-order valence-corrected chi connectivity index (χ3v) is 6.74. The number of nitriles is 1. The van der Waals surface area contributed by atoms with E-state index in [2.05, 4.69) is 20.3 Å². The van der Waals surface area contributed by atoms with E-state index in [0.717, 1.165) is 42.5 Å². The predicted octanol–water partition coefficient (Wildman–Crippen LogP) is 3.24. The van der Waals surface area contributed by atoms with Gasteiger partial charge in [-0.25, -0.2) is 9.67 Å². The van der Waals surface area contributed by atoms with Crippen molar-refractivity contribution in [3.05, 3.63) is 68.3 Å². The average Bonchev–Trinajstić information content (AvgIpc) is 3.40. The zero-order chi connectivity index (χ0) is 21.5. The number of aromatic nitrogens is 5. The number of fused-ring (bicyclic) bond motifs is 3. The first kappa shape index (κ1) is 19.3.